The van der Waals surface area contributed by atoms with Gasteiger partial charge in [-0.2, -0.15) is 0 Å². The molecule has 2 amide bonds. The van der Waals surface area contributed by atoms with Gasteiger partial charge < -0.3 is 20.4 Å². The van der Waals surface area contributed by atoms with Crippen LogP contribution in [0.25, 0.3) is 0 Å². The highest BCUT2D eigenvalue weighted by atomic mass is 16.2. The number of benzene rings is 1. The quantitative estimate of drug-likeness (QED) is 0.785. The largest absolute Gasteiger partial charge is 0.340 e. The minimum atomic E-state index is 0.0635. The van der Waals surface area contributed by atoms with Crippen LogP contribution < -0.4 is 10.6 Å². The number of anilines is 1. The van der Waals surface area contributed by atoms with Crippen molar-refractivity contribution in [2.45, 2.75) is 32.6 Å². The number of nitrogens with zero attached hydrogens (tertiary/aromatic N) is 2. The summed E-state index contributed by atoms with van der Waals surface area (Å²) in [5.74, 6) is 1.24. The molecule has 0 radical (unpaired) electrons. The van der Waals surface area contributed by atoms with Gasteiger partial charge in [-0.25, -0.2) is 0 Å². The van der Waals surface area contributed by atoms with Crippen LogP contribution >= 0.6 is 0 Å². The molecule has 28 heavy (non-hydrogen) atoms. The number of nitrogens with one attached hydrogen (secondary N) is 2. The number of hydrogen-bond acceptors (Lipinski definition) is 4. The molecule has 0 spiro atoms. The molecule has 1 unspecified atom stereocenters. The first-order valence-electron chi connectivity index (χ1n) is 10.6. The summed E-state index contributed by atoms with van der Waals surface area (Å²) in [4.78, 5) is 29.2. The van der Waals surface area contributed by atoms with Gasteiger partial charge in [0, 0.05) is 38.3 Å². The van der Waals surface area contributed by atoms with Crippen LogP contribution in [0.2, 0.25) is 0 Å². The molecule has 1 atom stereocenters. The van der Waals surface area contributed by atoms with Crippen molar-refractivity contribution in [3.8, 4) is 0 Å². The Hall–Kier alpha value is -1.92. The number of piperidine rings is 1. The normalized spacial score (nSPS) is 20.0. The molecule has 2 heterocycles. The van der Waals surface area contributed by atoms with Crippen molar-refractivity contribution >= 4 is 17.5 Å². The lowest BCUT2D eigenvalue weighted by Crippen LogP contribution is -2.47. The van der Waals surface area contributed by atoms with Gasteiger partial charge in [-0.1, -0.05) is 19.1 Å². The molecule has 6 heteroatoms. The third kappa shape index (κ3) is 6.04. The molecule has 2 N–H and O–H groups in total. The number of rotatable bonds is 6. The zero-order valence-corrected chi connectivity index (χ0v) is 17.2. The van der Waals surface area contributed by atoms with Gasteiger partial charge in [0.05, 0.1) is 6.42 Å². The Labute approximate surface area is 168 Å². The minimum absolute atomic E-state index is 0.0635. The molecule has 0 bridgehead atoms. The number of amides is 2. The maximum atomic E-state index is 12.5. The van der Waals surface area contributed by atoms with E-state index >= 15 is 0 Å². The molecule has 0 aliphatic carbocycles. The lowest BCUT2D eigenvalue weighted by atomic mass is 9.84. The van der Waals surface area contributed by atoms with Crippen molar-refractivity contribution in [3.05, 3.63) is 29.8 Å². The summed E-state index contributed by atoms with van der Waals surface area (Å²) in [6, 6.07) is 7.71. The second kappa shape index (κ2) is 10.0. The van der Waals surface area contributed by atoms with Crippen LogP contribution in [-0.4, -0.2) is 67.9 Å². The third-order valence-electron chi connectivity index (χ3n) is 6.12. The van der Waals surface area contributed by atoms with Gasteiger partial charge in [-0.3, -0.25) is 9.59 Å². The lowest BCUT2D eigenvalue weighted by molar-refractivity contribution is -0.132. The van der Waals surface area contributed by atoms with Crippen molar-refractivity contribution in [2.75, 3.05) is 51.6 Å². The van der Waals surface area contributed by atoms with E-state index in [4.69, 9.17) is 0 Å². The molecule has 2 aliphatic heterocycles. The smallest absolute Gasteiger partial charge is 0.227 e. The van der Waals surface area contributed by atoms with E-state index < -0.39 is 0 Å². The van der Waals surface area contributed by atoms with Gasteiger partial charge in [0.2, 0.25) is 11.8 Å². The highest BCUT2D eigenvalue weighted by Crippen LogP contribution is 2.25. The van der Waals surface area contributed by atoms with E-state index in [9.17, 15) is 9.59 Å². The fraction of sp³-hybridized carbons (Fsp3) is 0.636. The van der Waals surface area contributed by atoms with Crippen molar-refractivity contribution in [3.63, 3.8) is 0 Å². The van der Waals surface area contributed by atoms with Crippen LogP contribution in [0.4, 0.5) is 5.69 Å². The Balaban J connectivity index is 1.49. The number of piperazine rings is 1. The zero-order chi connectivity index (χ0) is 19.9. The van der Waals surface area contributed by atoms with E-state index in [-0.39, 0.29) is 11.8 Å². The SMILES string of the molecule is CC(CC(=O)Nc1cccc(CC(=O)N2CCN(C)CC2)c1)C1CCNCC1. The van der Waals surface area contributed by atoms with Crippen molar-refractivity contribution in [1.29, 1.82) is 0 Å². The summed E-state index contributed by atoms with van der Waals surface area (Å²) in [5, 5.41) is 6.40. The average molecular weight is 387 g/mol. The maximum absolute atomic E-state index is 12.5. The Kier molecular flexibility index (Phi) is 7.45. The molecule has 2 saturated heterocycles. The van der Waals surface area contributed by atoms with Crippen LogP contribution in [0.5, 0.6) is 0 Å². The van der Waals surface area contributed by atoms with Gasteiger partial charge in [-0.05, 0) is 62.5 Å². The summed E-state index contributed by atoms with van der Waals surface area (Å²) in [6.45, 7) is 7.73. The Bertz CT molecular complexity index is 664. The molecule has 154 valence electrons. The first-order chi connectivity index (χ1) is 13.5. The van der Waals surface area contributed by atoms with E-state index in [2.05, 4.69) is 29.5 Å². The van der Waals surface area contributed by atoms with Gasteiger partial charge in [0.25, 0.3) is 0 Å². The third-order valence-corrected chi connectivity index (χ3v) is 6.12. The number of carbonyl (C=O) groups is 2. The molecule has 0 saturated carbocycles. The molecular formula is C22H34N4O2. The molecule has 1 aromatic carbocycles. The fourth-order valence-corrected chi connectivity index (χ4v) is 4.19. The Morgan fingerprint density at radius 3 is 2.61 bits per heavy atom. The molecule has 2 aliphatic rings. The van der Waals surface area contributed by atoms with Crippen LogP contribution in [0, 0.1) is 11.8 Å². The van der Waals surface area contributed by atoms with Crippen LogP contribution in [-0.2, 0) is 16.0 Å². The van der Waals surface area contributed by atoms with E-state index in [1.54, 1.807) is 0 Å². The Morgan fingerprint density at radius 1 is 1.18 bits per heavy atom. The van der Waals surface area contributed by atoms with E-state index in [0.717, 1.165) is 63.4 Å². The summed E-state index contributed by atoms with van der Waals surface area (Å²) in [5.41, 5.74) is 1.74. The summed E-state index contributed by atoms with van der Waals surface area (Å²) in [6.07, 6.45) is 3.24. The van der Waals surface area contributed by atoms with Crippen LogP contribution in [0.1, 0.15) is 31.7 Å². The number of hydrogen-bond donors (Lipinski definition) is 2. The molecule has 6 nitrogen and oxygen atoms in total. The second-order valence-corrected chi connectivity index (χ2v) is 8.38. The lowest BCUT2D eigenvalue weighted by Gasteiger charge is -2.32. The molecule has 1 aromatic rings. The van der Waals surface area contributed by atoms with Gasteiger partial charge in [0.1, 0.15) is 0 Å². The van der Waals surface area contributed by atoms with Crippen LogP contribution in [0.3, 0.4) is 0 Å². The predicted octanol–water partition coefficient (Wildman–Crippen LogP) is 1.97. The number of carbonyl (C=O) groups excluding carboxylic acids is 2. The molecular weight excluding hydrogens is 352 g/mol. The molecule has 2 fully saturated rings. The van der Waals surface area contributed by atoms with Crippen molar-refractivity contribution in [2.24, 2.45) is 11.8 Å². The summed E-state index contributed by atoms with van der Waals surface area (Å²) in [7, 11) is 2.08. The highest BCUT2D eigenvalue weighted by molar-refractivity contribution is 5.91. The number of likely N-dealkylation sites (N-methyl/N-ethyl adjacent to an activating group) is 1. The Morgan fingerprint density at radius 2 is 1.89 bits per heavy atom. The molecule has 3 rings (SSSR count). The van der Waals surface area contributed by atoms with Crippen molar-refractivity contribution in [1.82, 2.24) is 15.1 Å². The average Bonchev–Trinajstić information content (AvgIpc) is 2.69. The topological polar surface area (TPSA) is 64.7 Å². The highest BCUT2D eigenvalue weighted by Gasteiger charge is 2.22. The summed E-state index contributed by atoms with van der Waals surface area (Å²) >= 11 is 0. The van der Waals surface area contributed by atoms with E-state index in [0.29, 0.717) is 24.7 Å². The summed E-state index contributed by atoms with van der Waals surface area (Å²) < 4.78 is 0. The van der Waals surface area contributed by atoms with Gasteiger partial charge >= 0.3 is 0 Å². The standard InChI is InChI=1S/C22H34N4O2/c1-17(19-6-8-23-9-7-19)14-21(27)24-20-5-3-4-18(15-20)16-22(28)26-12-10-25(2)11-13-26/h3-5,15,17,19,23H,6-14,16H2,1-2H3,(H,24,27). The monoisotopic (exact) mass is 386 g/mol. The van der Waals surface area contributed by atoms with Gasteiger partial charge in [-0.15, -0.1) is 0 Å². The van der Waals surface area contributed by atoms with Gasteiger partial charge in [0.15, 0.2) is 0 Å². The van der Waals surface area contributed by atoms with E-state index in [1.165, 1.54) is 0 Å². The second-order valence-electron chi connectivity index (χ2n) is 8.38. The minimum Gasteiger partial charge on any atom is -0.340 e. The van der Waals surface area contributed by atoms with E-state index in [1.807, 2.05) is 29.2 Å². The maximum Gasteiger partial charge on any atom is 0.227 e. The zero-order valence-electron chi connectivity index (χ0n) is 17.2. The predicted molar refractivity (Wildman–Crippen MR) is 112 cm³/mol. The first kappa shape index (κ1) is 20.8. The molecule has 0 aromatic heterocycles. The first-order valence-corrected chi connectivity index (χ1v) is 10.6. The van der Waals surface area contributed by atoms with Crippen LogP contribution in [0.15, 0.2) is 24.3 Å². The van der Waals surface area contributed by atoms with Crippen molar-refractivity contribution < 1.29 is 9.59 Å². The fourth-order valence-electron chi connectivity index (χ4n) is 4.19.